The Morgan fingerprint density at radius 2 is 2.21 bits per heavy atom. The molecule has 19 heavy (non-hydrogen) atoms. The molecule has 1 aromatic heterocycles. The van der Waals surface area contributed by atoms with Gasteiger partial charge in [-0.05, 0) is 32.4 Å². The molecule has 0 aliphatic heterocycles. The van der Waals surface area contributed by atoms with Crippen LogP contribution in [0.25, 0.3) is 0 Å². The zero-order valence-electron chi connectivity index (χ0n) is 11.8. The Bertz CT molecular complexity index is 400. The fourth-order valence-corrected chi connectivity index (χ4v) is 2.37. The summed E-state index contributed by atoms with van der Waals surface area (Å²) in [6.45, 7) is 5.27. The third kappa shape index (κ3) is 3.16. The van der Waals surface area contributed by atoms with Crippen molar-refractivity contribution < 1.29 is 14.2 Å². The summed E-state index contributed by atoms with van der Waals surface area (Å²) in [5.41, 5.74) is 0.909. The van der Waals surface area contributed by atoms with Crippen molar-refractivity contribution in [2.24, 2.45) is 0 Å². The lowest BCUT2D eigenvalue weighted by Crippen LogP contribution is -2.56. The molecule has 1 heterocycles. The molecule has 0 aromatic carbocycles. The predicted octanol–water partition coefficient (Wildman–Crippen LogP) is 2.08. The number of aromatic nitrogens is 1. The highest BCUT2D eigenvalue weighted by atomic mass is 16.5. The van der Waals surface area contributed by atoms with Gasteiger partial charge < -0.3 is 19.5 Å². The van der Waals surface area contributed by atoms with Crippen LogP contribution in [-0.4, -0.2) is 43.6 Å². The molecule has 1 saturated carbocycles. The number of anilines is 1. The van der Waals surface area contributed by atoms with E-state index in [9.17, 15) is 0 Å². The Balaban J connectivity index is 1.98. The van der Waals surface area contributed by atoms with Crippen LogP contribution in [0.15, 0.2) is 18.3 Å². The van der Waals surface area contributed by atoms with Crippen molar-refractivity contribution in [3.63, 3.8) is 0 Å². The Morgan fingerprint density at radius 1 is 1.37 bits per heavy atom. The zero-order chi connectivity index (χ0) is 13.7. The molecular weight excluding hydrogens is 244 g/mol. The first-order valence-corrected chi connectivity index (χ1v) is 6.78. The third-order valence-corrected chi connectivity index (χ3v) is 3.30. The molecule has 0 bridgehead atoms. The highest BCUT2D eigenvalue weighted by Crippen LogP contribution is 2.32. The van der Waals surface area contributed by atoms with E-state index in [1.165, 1.54) is 0 Å². The van der Waals surface area contributed by atoms with Crippen molar-refractivity contribution >= 4 is 5.69 Å². The van der Waals surface area contributed by atoms with E-state index in [1.807, 2.05) is 26.0 Å². The topological polar surface area (TPSA) is 52.6 Å². The van der Waals surface area contributed by atoms with Crippen LogP contribution in [0.4, 0.5) is 5.69 Å². The summed E-state index contributed by atoms with van der Waals surface area (Å²) in [7, 11) is 1.72. The number of methoxy groups -OCH3 is 1. The van der Waals surface area contributed by atoms with Gasteiger partial charge in [0.25, 0.3) is 0 Å². The van der Waals surface area contributed by atoms with Crippen LogP contribution < -0.4 is 10.1 Å². The van der Waals surface area contributed by atoms with Gasteiger partial charge in [0.05, 0.1) is 24.4 Å². The Hall–Kier alpha value is -1.33. The number of rotatable bonds is 7. The van der Waals surface area contributed by atoms with E-state index in [1.54, 1.807) is 13.3 Å². The molecule has 1 N–H and O–H groups in total. The minimum atomic E-state index is 0.0784. The molecule has 1 aliphatic rings. The van der Waals surface area contributed by atoms with Gasteiger partial charge in [0, 0.05) is 19.9 Å². The molecule has 5 nitrogen and oxygen atoms in total. The number of hydrogen-bond acceptors (Lipinski definition) is 5. The highest BCUT2D eigenvalue weighted by Gasteiger charge is 2.42. The molecule has 0 radical (unpaired) electrons. The molecule has 1 aromatic rings. The minimum Gasteiger partial charge on any atom is -0.476 e. The SMILES string of the molecule is CCOc1ncccc1NC1CC(OCC)C1OC. The van der Waals surface area contributed by atoms with Gasteiger partial charge in [-0.25, -0.2) is 4.98 Å². The van der Waals surface area contributed by atoms with Crippen LogP contribution in [0.3, 0.4) is 0 Å². The summed E-state index contributed by atoms with van der Waals surface area (Å²) < 4.78 is 16.6. The lowest BCUT2D eigenvalue weighted by atomic mass is 9.85. The van der Waals surface area contributed by atoms with Crippen molar-refractivity contribution in [3.05, 3.63) is 18.3 Å². The molecule has 0 saturated heterocycles. The van der Waals surface area contributed by atoms with Crippen LogP contribution in [-0.2, 0) is 9.47 Å². The second-order valence-electron chi connectivity index (χ2n) is 4.47. The number of nitrogens with one attached hydrogen (secondary N) is 1. The average molecular weight is 266 g/mol. The number of ether oxygens (including phenoxy) is 3. The van der Waals surface area contributed by atoms with Crippen molar-refractivity contribution in [2.45, 2.75) is 38.5 Å². The second-order valence-corrected chi connectivity index (χ2v) is 4.47. The second kappa shape index (κ2) is 6.73. The van der Waals surface area contributed by atoms with Crippen LogP contribution in [0.2, 0.25) is 0 Å². The summed E-state index contributed by atoms with van der Waals surface area (Å²) >= 11 is 0. The fraction of sp³-hybridized carbons (Fsp3) is 0.643. The van der Waals surface area contributed by atoms with Gasteiger partial charge in [-0.1, -0.05) is 0 Å². The van der Waals surface area contributed by atoms with E-state index in [-0.39, 0.29) is 18.2 Å². The normalized spacial score (nSPS) is 25.7. The Labute approximate surface area is 114 Å². The molecule has 2 rings (SSSR count). The fourth-order valence-electron chi connectivity index (χ4n) is 2.37. The first kappa shape index (κ1) is 14.1. The van der Waals surface area contributed by atoms with Gasteiger partial charge in [-0.15, -0.1) is 0 Å². The highest BCUT2D eigenvalue weighted by molar-refractivity contribution is 5.53. The molecule has 5 heteroatoms. The van der Waals surface area contributed by atoms with Crippen molar-refractivity contribution in [3.8, 4) is 5.88 Å². The van der Waals surface area contributed by atoms with Crippen molar-refractivity contribution in [2.75, 3.05) is 25.6 Å². The Morgan fingerprint density at radius 3 is 2.89 bits per heavy atom. The first-order chi connectivity index (χ1) is 9.30. The summed E-state index contributed by atoms with van der Waals surface area (Å²) in [5.74, 6) is 0.639. The minimum absolute atomic E-state index is 0.0784. The van der Waals surface area contributed by atoms with Crippen LogP contribution in [0.1, 0.15) is 20.3 Å². The van der Waals surface area contributed by atoms with E-state index < -0.39 is 0 Å². The van der Waals surface area contributed by atoms with E-state index in [2.05, 4.69) is 10.3 Å². The maximum atomic E-state index is 5.62. The van der Waals surface area contributed by atoms with Crippen LogP contribution >= 0.6 is 0 Å². The molecular formula is C14H22N2O3. The van der Waals surface area contributed by atoms with Crippen LogP contribution in [0.5, 0.6) is 5.88 Å². The predicted molar refractivity (Wildman–Crippen MR) is 73.6 cm³/mol. The molecule has 0 amide bonds. The molecule has 3 unspecified atom stereocenters. The van der Waals surface area contributed by atoms with Gasteiger partial charge in [-0.2, -0.15) is 0 Å². The monoisotopic (exact) mass is 266 g/mol. The number of hydrogen-bond donors (Lipinski definition) is 1. The maximum absolute atomic E-state index is 5.62. The molecule has 3 atom stereocenters. The summed E-state index contributed by atoms with van der Waals surface area (Å²) in [6.07, 6.45) is 2.93. The zero-order valence-corrected chi connectivity index (χ0v) is 11.8. The number of pyridine rings is 1. The van der Waals surface area contributed by atoms with Gasteiger partial charge in [-0.3, -0.25) is 0 Å². The lowest BCUT2D eigenvalue weighted by Gasteiger charge is -2.43. The summed E-state index contributed by atoms with van der Waals surface area (Å²) in [5, 5.41) is 3.43. The van der Waals surface area contributed by atoms with Gasteiger partial charge >= 0.3 is 0 Å². The van der Waals surface area contributed by atoms with E-state index >= 15 is 0 Å². The molecule has 0 spiro atoms. The van der Waals surface area contributed by atoms with Gasteiger partial charge in [0.1, 0.15) is 6.10 Å². The first-order valence-electron chi connectivity index (χ1n) is 6.78. The molecule has 106 valence electrons. The molecule has 1 fully saturated rings. The summed E-state index contributed by atoms with van der Waals surface area (Å²) in [4.78, 5) is 4.23. The van der Waals surface area contributed by atoms with E-state index in [0.717, 1.165) is 12.1 Å². The van der Waals surface area contributed by atoms with Crippen molar-refractivity contribution in [1.29, 1.82) is 0 Å². The smallest absolute Gasteiger partial charge is 0.237 e. The van der Waals surface area contributed by atoms with Crippen LogP contribution in [0, 0.1) is 0 Å². The van der Waals surface area contributed by atoms with Gasteiger partial charge in [0.15, 0.2) is 0 Å². The average Bonchev–Trinajstić information content (AvgIpc) is 2.40. The van der Waals surface area contributed by atoms with Gasteiger partial charge in [0.2, 0.25) is 5.88 Å². The number of nitrogens with zero attached hydrogens (tertiary/aromatic N) is 1. The largest absolute Gasteiger partial charge is 0.476 e. The summed E-state index contributed by atoms with van der Waals surface area (Å²) in [6, 6.07) is 4.11. The van der Waals surface area contributed by atoms with E-state index in [4.69, 9.17) is 14.2 Å². The standard InChI is InChI=1S/C14H22N2O3/c1-4-18-12-9-11(13(12)17-3)16-10-7-6-8-15-14(10)19-5-2/h6-8,11-13,16H,4-5,9H2,1-3H3. The quantitative estimate of drug-likeness (QED) is 0.819. The third-order valence-electron chi connectivity index (χ3n) is 3.30. The molecule has 1 aliphatic carbocycles. The Kier molecular flexibility index (Phi) is 4.99. The lowest BCUT2D eigenvalue weighted by molar-refractivity contribution is -0.118. The van der Waals surface area contributed by atoms with E-state index in [0.29, 0.717) is 19.1 Å². The van der Waals surface area contributed by atoms with Crippen molar-refractivity contribution in [1.82, 2.24) is 4.98 Å². The maximum Gasteiger partial charge on any atom is 0.237 e.